The number of fused-ring (bicyclic) bond motifs is 1. The van der Waals surface area contributed by atoms with Gasteiger partial charge in [0.15, 0.2) is 0 Å². The molecular formula is C14H18N2OS. The number of rotatable bonds is 4. The van der Waals surface area contributed by atoms with Gasteiger partial charge in [-0.05, 0) is 37.4 Å². The summed E-state index contributed by atoms with van der Waals surface area (Å²) in [5.74, 6) is 0.541. The fourth-order valence-corrected chi connectivity index (χ4v) is 3.54. The standard InChI is InChI=1S/C14H18N2OS/c15-8-10-4-3-6-12(10)17-9-14-16-11-5-1-2-7-13(11)18-14/h1-2,5,7,10,12H,3-4,6,8-9,15H2. The first-order chi connectivity index (χ1) is 8.86. The zero-order valence-electron chi connectivity index (χ0n) is 10.3. The summed E-state index contributed by atoms with van der Waals surface area (Å²) in [6.45, 7) is 1.37. The smallest absolute Gasteiger partial charge is 0.120 e. The lowest BCUT2D eigenvalue weighted by Crippen LogP contribution is -2.25. The Hall–Kier alpha value is -0.970. The van der Waals surface area contributed by atoms with Crippen LogP contribution in [0.15, 0.2) is 24.3 Å². The van der Waals surface area contributed by atoms with Crippen molar-refractivity contribution in [2.75, 3.05) is 6.54 Å². The van der Waals surface area contributed by atoms with Crippen molar-refractivity contribution in [3.63, 3.8) is 0 Å². The van der Waals surface area contributed by atoms with Crippen molar-refractivity contribution in [3.05, 3.63) is 29.3 Å². The first kappa shape index (κ1) is 12.1. The van der Waals surface area contributed by atoms with Gasteiger partial charge in [0.2, 0.25) is 0 Å². The van der Waals surface area contributed by atoms with E-state index in [9.17, 15) is 0 Å². The van der Waals surface area contributed by atoms with Gasteiger partial charge in [-0.3, -0.25) is 0 Å². The van der Waals surface area contributed by atoms with Gasteiger partial charge in [-0.1, -0.05) is 18.6 Å². The molecule has 2 N–H and O–H groups in total. The van der Waals surface area contributed by atoms with Crippen LogP contribution >= 0.6 is 11.3 Å². The first-order valence-electron chi connectivity index (χ1n) is 6.53. The molecule has 0 spiro atoms. The maximum Gasteiger partial charge on any atom is 0.120 e. The summed E-state index contributed by atoms with van der Waals surface area (Å²) >= 11 is 1.72. The molecule has 2 atom stereocenters. The van der Waals surface area contributed by atoms with E-state index < -0.39 is 0 Å². The zero-order chi connectivity index (χ0) is 12.4. The highest BCUT2D eigenvalue weighted by Gasteiger charge is 2.26. The van der Waals surface area contributed by atoms with E-state index in [-0.39, 0.29) is 0 Å². The predicted octanol–water partition coefficient (Wildman–Crippen LogP) is 2.94. The van der Waals surface area contributed by atoms with Crippen molar-refractivity contribution in [2.24, 2.45) is 11.7 Å². The van der Waals surface area contributed by atoms with Crippen LogP contribution in [0, 0.1) is 5.92 Å². The summed E-state index contributed by atoms with van der Waals surface area (Å²) < 4.78 is 7.22. The topological polar surface area (TPSA) is 48.1 Å². The molecule has 4 heteroatoms. The second kappa shape index (κ2) is 5.34. The molecule has 0 radical (unpaired) electrons. The van der Waals surface area contributed by atoms with Gasteiger partial charge < -0.3 is 10.5 Å². The number of hydrogen-bond acceptors (Lipinski definition) is 4. The zero-order valence-corrected chi connectivity index (χ0v) is 11.2. The second-order valence-corrected chi connectivity index (χ2v) is 5.97. The Morgan fingerprint density at radius 3 is 3.06 bits per heavy atom. The summed E-state index contributed by atoms with van der Waals surface area (Å²) in [5, 5.41) is 1.07. The van der Waals surface area contributed by atoms with Gasteiger partial charge in [0.1, 0.15) is 5.01 Å². The Morgan fingerprint density at radius 2 is 2.22 bits per heavy atom. The molecular weight excluding hydrogens is 244 g/mol. The Labute approximate surface area is 111 Å². The van der Waals surface area contributed by atoms with Gasteiger partial charge in [-0.15, -0.1) is 11.3 Å². The van der Waals surface area contributed by atoms with Crippen molar-refractivity contribution in [3.8, 4) is 0 Å². The number of para-hydroxylation sites is 1. The highest BCUT2D eigenvalue weighted by Crippen LogP contribution is 2.29. The van der Waals surface area contributed by atoms with E-state index in [2.05, 4.69) is 11.1 Å². The van der Waals surface area contributed by atoms with E-state index in [0.717, 1.165) is 23.5 Å². The number of hydrogen-bond donors (Lipinski definition) is 1. The van der Waals surface area contributed by atoms with Crippen molar-refractivity contribution in [1.29, 1.82) is 0 Å². The fraction of sp³-hybridized carbons (Fsp3) is 0.500. The van der Waals surface area contributed by atoms with Crippen molar-refractivity contribution < 1.29 is 4.74 Å². The molecule has 1 aliphatic carbocycles. The third-order valence-electron chi connectivity index (χ3n) is 3.65. The van der Waals surface area contributed by atoms with Crippen LogP contribution in [0.3, 0.4) is 0 Å². The molecule has 3 rings (SSSR count). The summed E-state index contributed by atoms with van der Waals surface area (Å²) in [5.41, 5.74) is 6.83. The second-order valence-electron chi connectivity index (χ2n) is 4.85. The molecule has 1 aromatic carbocycles. The molecule has 1 aromatic heterocycles. The fourth-order valence-electron chi connectivity index (χ4n) is 2.65. The maximum atomic E-state index is 5.99. The third kappa shape index (κ3) is 2.41. The lowest BCUT2D eigenvalue weighted by molar-refractivity contribution is 0.0182. The molecule has 0 amide bonds. The Kier molecular flexibility index (Phi) is 3.59. The van der Waals surface area contributed by atoms with E-state index in [1.54, 1.807) is 11.3 Å². The van der Waals surface area contributed by atoms with Gasteiger partial charge in [0.05, 0.1) is 22.9 Å². The van der Waals surface area contributed by atoms with Gasteiger partial charge in [-0.25, -0.2) is 4.98 Å². The molecule has 96 valence electrons. The maximum absolute atomic E-state index is 5.99. The molecule has 1 saturated carbocycles. The van der Waals surface area contributed by atoms with Crippen molar-refractivity contribution >= 4 is 21.6 Å². The average molecular weight is 262 g/mol. The molecule has 1 fully saturated rings. The minimum Gasteiger partial charge on any atom is -0.371 e. The number of aromatic nitrogens is 1. The molecule has 1 aliphatic rings. The number of benzene rings is 1. The molecule has 0 aliphatic heterocycles. The lowest BCUT2D eigenvalue weighted by atomic mass is 10.1. The molecule has 1 heterocycles. The highest BCUT2D eigenvalue weighted by molar-refractivity contribution is 7.18. The van der Waals surface area contributed by atoms with E-state index >= 15 is 0 Å². The van der Waals surface area contributed by atoms with Crippen LogP contribution in [-0.4, -0.2) is 17.6 Å². The lowest BCUT2D eigenvalue weighted by Gasteiger charge is -2.17. The normalized spacial score (nSPS) is 23.8. The molecule has 18 heavy (non-hydrogen) atoms. The third-order valence-corrected chi connectivity index (χ3v) is 4.66. The van der Waals surface area contributed by atoms with Crippen LogP contribution < -0.4 is 5.73 Å². The van der Waals surface area contributed by atoms with E-state index in [1.165, 1.54) is 17.5 Å². The SMILES string of the molecule is NCC1CCCC1OCc1nc2ccccc2s1. The highest BCUT2D eigenvalue weighted by atomic mass is 32.1. The molecule has 2 unspecified atom stereocenters. The minimum absolute atomic E-state index is 0.335. The van der Waals surface area contributed by atoms with Crippen molar-refractivity contribution in [2.45, 2.75) is 32.0 Å². The van der Waals surface area contributed by atoms with Gasteiger partial charge in [0, 0.05) is 0 Å². The summed E-state index contributed by atoms with van der Waals surface area (Å²) in [4.78, 5) is 4.59. The summed E-state index contributed by atoms with van der Waals surface area (Å²) in [6.07, 6.45) is 3.93. The van der Waals surface area contributed by atoms with Crippen LogP contribution in [0.1, 0.15) is 24.3 Å². The van der Waals surface area contributed by atoms with Gasteiger partial charge in [-0.2, -0.15) is 0 Å². The summed E-state index contributed by atoms with van der Waals surface area (Å²) in [7, 11) is 0. The van der Waals surface area contributed by atoms with Crippen LogP contribution in [0.25, 0.3) is 10.2 Å². The Morgan fingerprint density at radius 1 is 1.33 bits per heavy atom. The molecule has 0 bridgehead atoms. The predicted molar refractivity (Wildman–Crippen MR) is 74.6 cm³/mol. The van der Waals surface area contributed by atoms with Gasteiger partial charge >= 0.3 is 0 Å². The van der Waals surface area contributed by atoms with Crippen LogP contribution in [0.5, 0.6) is 0 Å². The number of thiazole rings is 1. The number of nitrogens with zero attached hydrogens (tertiary/aromatic N) is 1. The average Bonchev–Trinajstić information content (AvgIpc) is 3.01. The monoisotopic (exact) mass is 262 g/mol. The Bertz CT molecular complexity index is 492. The minimum atomic E-state index is 0.335. The van der Waals surface area contributed by atoms with E-state index in [4.69, 9.17) is 10.5 Å². The number of nitrogens with two attached hydrogens (primary N) is 1. The largest absolute Gasteiger partial charge is 0.371 e. The quantitative estimate of drug-likeness (QED) is 0.921. The first-order valence-corrected chi connectivity index (χ1v) is 7.34. The molecule has 2 aromatic rings. The molecule has 0 saturated heterocycles. The summed E-state index contributed by atoms with van der Waals surface area (Å²) in [6, 6.07) is 8.23. The van der Waals surface area contributed by atoms with Crippen LogP contribution in [0.2, 0.25) is 0 Å². The van der Waals surface area contributed by atoms with Crippen LogP contribution in [0.4, 0.5) is 0 Å². The van der Waals surface area contributed by atoms with Crippen LogP contribution in [-0.2, 0) is 11.3 Å². The van der Waals surface area contributed by atoms with E-state index in [1.807, 2.05) is 18.2 Å². The molecule has 3 nitrogen and oxygen atoms in total. The van der Waals surface area contributed by atoms with Crippen molar-refractivity contribution in [1.82, 2.24) is 4.98 Å². The number of ether oxygens (including phenoxy) is 1. The van der Waals surface area contributed by atoms with E-state index in [0.29, 0.717) is 18.6 Å². The Balaban J connectivity index is 1.66. The van der Waals surface area contributed by atoms with Gasteiger partial charge in [0.25, 0.3) is 0 Å².